The summed E-state index contributed by atoms with van der Waals surface area (Å²) in [6.07, 6.45) is 5.50. The summed E-state index contributed by atoms with van der Waals surface area (Å²) in [6, 6.07) is 0.844. The molecule has 6 rings (SSSR count). The van der Waals surface area contributed by atoms with E-state index >= 15 is 0 Å². The van der Waals surface area contributed by atoms with Crippen molar-refractivity contribution in [3.8, 4) is 0 Å². The zero-order valence-electron chi connectivity index (χ0n) is 23.1. The number of nitrogens with zero attached hydrogens (tertiary/aromatic N) is 7. The molecule has 0 spiro atoms. The molecule has 0 bridgehead atoms. The maximum Gasteiger partial charge on any atom is 0.276 e. The summed E-state index contributed by atoms with van der Waals surface area (Å²) >= 11 is 9.82. The Balaban J connectivity index is 1.19. The normalized spacial score (nSPS) is 18.1. The number of carboxylic acid groups (broad SMARTS) is 1. The van der Waals surface area contributed by atoms with Gasteiger partial charge in [0.25, 0.3) is 11.8 Å². The molecule has 17 nitrogen and oxygen atoms in total. The van der Waals surface area contributed by atoms with E-state index in [1.807, 2.05) is 32.2 Å². The standard InChI is InChI=1S/C24H23ClN12O5S3/c1-42-33-15(14-18(25)45-24(28)32-14)19(38)31-16-20(39)37-17(22(40)41)10(8-44-21(16)37)6-35-3-2-13-34(4-5-36(13)35)7-12-29-11(9-43-12)30-23(26)27/h2-5,9,16,21H,6-8H2,1H3,(H7-,26,27,28,30,31,32,38,40,41)/b33-15-/t16-,21-/m1/s1. The number of carbonyl (C=O) groups excluding carboxylic acids is 3. The van der Waals surface area contributed by atoms with Gasteiger partial charge in [0.1, 0.15) is 39.4 Å². The number of fused-ring (bicyclic) bond motifs is 2. The van der Waals surface area contributed by atoms with Gasteiger partial charge in [0.05, 0.1) is 30.5 Å². The molecule has 1 saturated heterocycles. The summed E-state index contributed by atoms with van der Waals surface area (Å²) in [5.74, 6) is -2.34. The fraction of sp³-hybridized carbons (Fsp3) is 0.250. The molecule has 2 aliphatic rings. The van der Waals surface area contributed by atoms with Gasteiger partial charge in [-0.05, 0) is 0 Å². The molecule has 2 amide bonds. The molecule has 4 aromatic rings. The number of aliphatic carboxylic acids is 1. The van der Waals surface area contributed by atoms with Gasteiger partial charge in [0, 0.05) is 22.9 Å². The van der Waals surface area contributed by atoms with E-state index in [1.54, 1.807) is 11.6 Å². The minimum Gasteiger partial charge on any atom is -0.543 e. The average Bonchev–Trinajstić information content (AvgIpc) is 3.77. The fourth-order valence-corrected chi connectivity index (χ4v) is 7.96. The van der Waals surface area contributed by atoms with Crippen molar-refractivity contribution >= 4 is 92.1 Å². The van der Waals surface area contributed by atoms with Crippen LogP contribution in [0.25, 0.3) is 5.65 Å². The van der Waals surface area contributed by atoms with Gasteiger partial charge >= 0.3 is 0 Å². The Hall–Kier alpha value is -4.66. The molecule has 21 heteroatoms. The molecule has 45 heavy (non-hydrogen) atoms. The number of guanidine groups is 1. The molecule has 0 aliphatic carbocycles. The summed E-state index contributed by atoms with van der Waals surface area (Å²) in [5, 5.41) is 30.6. The zero-order chi connectivity index (χ0) is 32.0. The number of amides is 2. The van der Waals surface area contributed by atoms with Gasteiger partial charge in [0.15, 0.2) is 35.2 Å². The minimum atomic E-state index is -1.50. The van der Waals surface area contributed by atoms with Gasteiger partial charge in [-0.15, -0.1) is 32.3 Å². The van der Waals surface area contributed by atoms with E-state index in [0.717, 1.165) is 26.9 Å². The molecule has 2 aliphatic heterocycles. The predicted molar refractivity (Wildman–Crippen MR) is 164 cm³/mol. The number of halogens is 1. The maximum absolute atomic E-state index is 13.2. The number of carbonyl (C=O) groups is 3. The Morgan fingerprint density at radius 3 is 2.84 bits per heavy atom. The zero-order valence-corrected chi connectivity index (χ0v) is 26.3. The van der Waals surface area contributed by atoms with Crippen LogP contribution in [0.4, 0.5) is 10.9 Å². The molecule has 0 saturated carbocycles. The van der Waals surface area contributed by atoms with Crippen molar-refractivity contribution in [1.82, 2.24) is 29.3 Å². The lowest BCUT2D eigenvalue weighted by Gasteiger charge is -2.50. The summed E-state index contributed by atoms with van der Waals surface area (Å²) in [5.41, 5.74) is 11.9. The lowest BCUT2D eigenvalue weighted by atomic mass is 10.0. The van der Waals surface area contributed by atoms with Crippen molar-refractivity contribution in [3.05, 3.63) is 56.3 Å². The first kappa shape index (κ1) is 30.4. The first-order valence-corrected chi connectivity index (χ1v) is 16.0. The van der Waals surface area contributed by atoms with Crippen molar-refractivity contribution in [2.75, 3.05) is 23.9 Å². The van der Waals surface area contributed by atoms with E-state index in [-0.39, 0.29) is 44.8 Å². The fourth-order valence-electron chi connectivity index (χ4n) is 4.97. The van der Waals surface area contributed by atoms with Gasteiger partial charge in [-0.3, -0.25) is 19.9 Å². The molecule has 1 fully saturated rings. The number of hydrogen-bond donors (Lipinski definition) is 5. The van der Waals surface area contributed by atoms with Gasteiger partial charge in [0.2, 0.25) is 0 Å². The van der Waals surface area contributed by atoms with Crippen LogP contribution < -0.4 is 31.9 Å². The number of oxime groups is 1. The smallest absolute Gasteiger partial charge is 0.276 e. The van der Waals surface area contributed by atoms with Gasteiger partial charge in [-0.2, -0.15) is 0 Å². The third-order valence-corrected chi connectivity index (χ3v) is 10.1. The third-order valence-electron chi connectivity index (χ3n) is 6.81. The van der Waals surface area contributed by atoms with Crippen molar-refractivity contribution in [2.45, 2.75) is 24.5 Å². The SMILES string of the molecule is CO/N=C(\C(=O)N[C@@H]1C(=O)N2C(C(=O)[O-])=C(C[n+]3ccc4n(Cc5nc(NC(=N)N)cs5)ccn43)CS[C@H]12)c1nc(N)sc1Cl. The number of nitrogens with two attached hydrogens (primary N) is 2. The molecular weight excluding hydrogens is 668 g/mol. The number of rotatable bonds is 10. The quantitative estimate of drug-likeness (QED) is 0.0444. The predicted octanol–water partition coefficient (Wildman–Crippen LogP) is -1.01. The molecule has 4 aromatic heterocycles. The van der Waals surface area contributed by atoms with Crippen LogP contribution in [0.3, 0.4) is 0 Å². The second-order valence-corrected chi connectivity index (χ2v) is 13.3. The molecule has 234 valence electrons. The van der Waals surface area contributed by atoms with Crippen molar-refractivity contribution < 1.29 is 29.0 Å². The maximum atomic E-state index is 13.2. The van der Waals surface area contributed by atoms with E-state index in [2.05, 4.69) is 25.8 Å². The number of hydrogen-bond acceptors (Lipinski definition) is 13. The van der Waals surface area contributed by atoms with Crippen LogP contribution in [0.15, 0.2) is 46.5 Å². The number of thioether (sulfide) groups is 1. The van der Waals surface area contributed by atoms with E-state index in [4.69, 9.17) is 33.3 Å². The van der Waals surface area contributed by atoms with Crippen LogP contribution in [0, 0.1) is 5.41 Å². The molecule has 0 radical (unpaired) electrons. The van der Waals surface area contributed by atoms with E-state index in [1.165, 1.54) is 30.2 Å². The number of thiazole rings is 2. The summed E-state index contributed by atoms with van der Waals surface area (Å²) < 4.78 is 5.75. The Labute approximate surface area is 270 Å². The molecule has 7 N–H and O–H groups in total. The molecule has 0 unspecified atom stereocenters. The Morgan fingerprint density at radius 2 is 2.16 bits per heavy atom. The summed E-state index contributed by atoms with van der Waals surface area (Å²) in [6.45, 7) is 0.629. The molecule has 2 atom stereocenters. The van der Waals surface area contributed by atoms with E-state index in [0.29, 0.717) is 17.9 Å². The van der Waals surface area contributed by atoms with E-state index < -0.39 is 29.2 Å². The Morgan fingerprint density at radius 1 is 1.36 bits per heavy atom. The van der Waals surface area contributed by atoms with Gasteiger partial charge in [-0.25, -0.2) is 9.97 Å². The second-order valence-electron chi connectivity index (χ2n) is 9.60. The van der Waals surface area contributed by atoms with E-state index in [9.17, 15) is 19.5 Å². The number of anilines is 2. The highest BCUT2D eigenvalue weighted by Crippen LogP contribution is 2.40. The highest BCUT2D eigenvalue weighted by atomic mass is 35.5. The van der Waals surface area contributed by atoms with Crippen LogP contribution in [-0.4, -0.2) is 77.7 Å². The topological polar surface area (TPSA) is 238 Å². The average molecular weight is 691 g/mol. The number of aromatic nitrogens is 5. The van der Waals surface area contributed by atoms with Crippen LogP contribution in [0.2, 0.25) is 4.34 Å². The number of nitrogens with one attached hydrogen (secondary N) is 3. The highest BCUT2D eigenvalue weighted by Gasteiger charge is 2.53. The Kier molecular flexibility index (Phi) is 8.12. The van der Waals surface area contributed by atoms with Gasteiger partial charge in [-0.1, -0.05) is 28.1 Å². The highest BCUT2D eigenvalue weighted by molar-refractivity contribution is 8.00. The van der Waals surface area contributed by atoms with Gasteiger partial charge < -0.3 is 41.4 Å². The number of carboxylic acids is 1. The third kappa shape index (κ3) is 5.67. The first-order valence-electron chi connectivity index (χ1n) is 12.9. The van der Waals surface area contributed by atoms with Crippen LogP contribution in [0.1, 0.15) is 10.7 Å². The van der Waals surface area contributed by atoms with Crippen LogP contribution in [-0.2, 0) is 32.3 Å². The first-order chi connectivity index (χ1) is 21.5. The van der Waals surface area contributed by atoms with Crippen molar-refractivity contribution in [3.63, 3.8) is 0 Å². The van der Waals surface area contributed by atoms with Crippen molar-refractivity contribution in [1.29, 1.82) is 5.41 Å². The number of imidazole rings is 1. The molecular formula is C24H23ClN12O5S3. The monoisotopic (exact) mass is 690 g/mol. The van der Waals surface area contributed by atoms with Crippen LogP contribution >= 0.6 is 46.0 Å². The largest absolute Gasteiger partial charge is 0.543 e. The van der Waals surface area contributed by atoms with Crippen molar-refractivity contribution in [2.24, 2.45) is 10.9 Å². The van der Waals surface area contributed by atoms with Crippen LogP contribution in [0.5, 0.6) is 0 Å². The summed E-state index contributed by atoms with van der Waals surface area (Å²) in [7, 11) is 1.24. The minimum absolute atomic E-state index is 0.00168. The summed E-state index contributed by atoms with van der Waals surface area (Å²) in [4.78, 5) is 53.0. The Bertz CT molecular complexity index is 1930. The molecule has 0 aromatic carbocycles. The number of nitrogen functional groups attached to an aromatic ring is 1. The lowest BCUT2D eigenvalue weighted by molar-refractivity contribution is -0.753. The lowest BCUT2D eigenvalue weighted by Crippen LogP contribution is -2.71. The molecule has 6 heterocycles. The number of β-lactam (4-membered cyclic amide) rings is 1. The second kappa shape index (κ2) is 12.0.